The van der Waals surface area contributed by atoms with Crippen LogP contribution in [0, 0.1) is 20.2 Å². The van der Waals surface area contributed by atoms with Crippen LogP contribution in [-0.2, 0) is 19.5 Å². The Labute approximate surface area is 101 Å². The van der Waals surface area contributed by atoms with E-state index in [0.29, 0.717) is 0 Å². The van der Waals surface area contributed by atoms with Gasteiger partial charge in [-0.2, -0.15) is 0 Å². The predicted octanol–water partition coefficient (Wildman–Crippen LogP) is 1.20. The van der Waals surface area contributed by atoms with Crippen LogP contribution in [0.5, 0.6) is 0 Å². The number of rotatable bonds is 3. The van der Waals surface area contributed by atoms with Gasteiger partial charge >= 0.3 is 17.3 Å². The summed E-state index contributed by atoms with van der Waals surface area (Å²) in [4.78, 5) is 29.4. The molecule has 1 aromatic rings. The fourth-order valence-corrected chi connectivity index (χ4v) is 1.04. The van der Waals surface area contributed by atoms with Crippen molar-refractivity contribution in [1.82, 2.24) is 0 Å². The minimum atomic E-state index is -1.58. The number of carboxylic acids is 1. The SMILES string of the molecule is O=C(O)c1cccc([N+](=O)[O-])c1[N+](=O)[O-].[Zn]. The Balaban J connectivity index is 0.00000225. The fourth-order valence-electron chi connectivity index (χ4n) is 1.04. The van der Waals surface area contributed by atoms with Crippen LogP contribution in [-0.4, -0.2) is 20.9 Å². The largest absolute Gasteiger partial charge is 0.477 e. The molecule has 0 heterocycles. The van der Waals surface area contributed by atoms with Gasteiger partial charge in [-0.05, 0) is 6.07 Å². The van der Waals surface area contributed by atoms with E-state index in [1.165, 1.54) is 0 Å². The Morgan fingerprint density at radius 1 is 1.19 bits per heavy atom. The number of hydrogen-bond donors (Lipinski definition) is 1. The number of hydrogen-bond acceptors (Lipinski definition) is 5. The third-order valence-electron chi connectivity index (χ3n) is 1.62. The molecule has 0 aliphatic carbocycles. The molecule has 16 heavy (non-hydrogen) atoms. The zero-order valence-corrected chi connectivity index (χ0v) is 10.8. The third kappa shape index (κ3) is 2.57. The Kier molecular flexibility index (Phi) is 4.65. The molecule has 8 nitrogen and oxygen atoms in total. The van der Waals surface area contributed by atoms with E-state index in [-0.39, 0.29) is 19.5 Å². The van der Waals surface area contributed by atoms with Crippen LogP contribution in [0.2, 0.25) is 0 Å². The van der Waals surface area contributed by atoms with Crippen LogP contribution in [0.3, 0.4) is 0 Å². The van der Waals surface area contributed by atoms with Crippen LogP contribution in [0.15, 0.2) is 18.2 Å². The molecule has 0 aromatic heterocycles. The van der Waals surface area contributed by atoms with Crippen LogP contribution >= 0.6 is 0 Å². The molecule has 0 amide bonds. The fraction of sp³-hybridized carbons (Fsp3) is 0. The third-order valence-corrected chi connectivity index (χ3v) is 1.62. The van der Waals surface area contributed by atoms with Gasteiger partial charge in [-0.15, -0.1) is 0 Å². The van der Waals surface area contributed by atoms with E-state index < -0.39 is 32.8 Å². The number of aromatic carboxylic acids is 1. The van der Waals surface area contributed by atoms with Gasteiger partial charge in [-0.25, -0.2) is 4.79 Å². The molecule has 9 heteroatoms. The molecule has 0 aliphatic rings. The van der Waals surface area contributed by atoms with Crippen molar-refractivity contribution < 1.29 is 39.2 Å². The minimum absolute atomic E-state index is 0. The first kappa shape index (κ1) is 14.1. The van der Waals surface area contributed by atoms with Crippen molar-refractivity contribution >= 4 is 17.3 Å². The molecule has 0 saturated carbocycles. The molecule has 80 valence electrons. The Bertz CT molecular complexity index is 428. The molecular weight excluding hydrogens is 273 g/mol. The van der Waals surface area contributed by atoms with Crippen molar-refractivity contribution in [3.8, 4) is 0 Å². The molecule has 1 aromatic carbocycles. The van der Waals surface area contributed by atoms with Gasteiger partial charge < -0.3 is 5.11 Å². The van der Waals surface area contributed by atoms with Crippen molar-refractivity contribution in [2.75, 3.05) is 0 Å². The number of nitrogens with zero attached hydrogens (tertiary/aromatic N) is 2. The van der Waals surface area contributed by atoms with E-state index in [4.69, 9.17) is 5.11 Å². The van der Waals surface area contributed by atoms with Crippen LogP contribution in [0.1, 0.15) is 10.4 Å². The number of carbonyl (C=O) groups is 1. The monoisotopic (exact) mass is 276 g/mol. The van der Waals surface area contributed by atoms with Gasteiger partial charge in [0, 0.05) is 25.5 Å². The van der Waals surface area contributed by atoms with E-state index in [1.807, 2.05) is 0 Å². The molecular formula is C7H4N2O6Zn. The molecule has 0 fully saturated rings. The number of nitro benzene ring substituents is 2. The summed E-state index contributed by atoms with van der Waals surface area (Å²) >= 11 is 0. The molecule has 0 atom stereocenters. The average molecular weight is 278 g/mol. The predicted molar refractivity (Wildman–Crippen MR) is 46.7 cm³/mol. The first-order valence-electron chi connectivity index (χ1n) is 3.60. The number of carboxylic acid groups (broad SMARTS) is 1. The van der Waals surface area contributed by atoms with E-state index in [1.54, 1.807) is 0 Å². The van der Waals surface area contributed by atoms with Crippen molar-refractivity contribution in [3.63, 3.8) is 0 Å². The Morgan fingerprint density at radius 2 is 1.75 bits per heavy atom. The van der Waals surface area contributed by atoms with E-state index >= 15 is 0 Å². The van der Waals surface area contributed by atoms with Gasteiger partial charge in [0.1, 0.15) is 5.56 Å². The maximum atomic E-state index is 10.6. The molecule has 0 unspecified atom stereocenters. The van der Waals surface area contributed by atoms with Gasteiger partial charge in [-0.1, -0.05) is 6.07 Å². The maximum absolute atomic E-state index is 10.6. The normalized spacial score (nSPS) is 9.00. The topological polar surface area (TPSA) is 124 Å². The second kappa shape index (κ2) is 5.27. The van der Waals surface area contributed by atoms with Crippen molar-refractivity contribution in [1.29, 1.82) is 0 Å². The summed E-state index contributed by atoms with van der Waals surface area (Å²) in [7, 11) is 0. The molecule has 0 aliphatic heterocycles. The summed E-state index contributed by atoms with van der Waals surface area (Å²) in [5.74, 6) is -1.58. The summed E-state index contributed by atoms with van der Waals surface area (Å²) in [5.41, 5.74) is -2.54. The summed E-state index contributed by atoms with van der Waals surface area (Å²) in [6, 6.07) is 2.90. The second-order valence-corrected chi connectivity index (χ2v) is 2.49. The summed E-state index contributed by atoms with van der Waals surface area (Å²) in [5, 5.41) is 29.5. The molecule has 1 N–H and O–H groups in total. The van der Waals surface area contributed by atoms with E-state index in [9.17, 15) is 25.0 Å². The first-order chi connectivity index (χ1) is 6.95. The molecule has 0 bridgehead atoms. The maximum Gasteiger partial charge on any atom is 0.360 e. The standard InChI is InChI=1S/C7H4N2O6.Zn/c10-7(11)4-2-1-3-5(8(12)13)6(4)9(14)15;/h1-3H,(H,10,11);. The van der Waals surface area contributed by atoms with Gasteiger partial charge in [0.2, 0.25) is 0 Å². The quantitative estimate of drug-likeness (QED) is 0.503. The van der Waals surface area contributed by atoms with Gasteiger partial charge in [-0.3, -0.25) is 20.2 Å². The first-order valence-corrected chi connectivity index (χ1v) is 3.60. The smallest absolute Gasteiger partial charge is 0.360 e. The van der Waals surface area contributed by atoms with E-state index in [2.05, 4.69) is 0 Å². The van der Waals surface area contributed by atoms with Crippen molar-refractivity contribution in [2.45, 2.75) is 0 Å². The van der Waals surface area contributed by atoms with E-state index in [0.717, 1.165) is 18.2 Å². The number of benzene rings is 1. The summed E-state index contributed by atoms with van der Waals surface area (Å²) in [6.45, 7) is 0. The van der Waals surface area contributed by atoms with Crippen LogP contribution < -0.4 is 0 Å². The second-order valence-electron chi connectivity index (χ2n) is 2.49. The Hall–Kier alpha value is -1.89. The van der Waals surface area contributed by atoms with Crippen LogP contribution in [0.4, 0.5) is 11.4 Å². The summed E-state index contributed by atoms with van der Waals surface area (Å²) in [6.07, 6.45) is 0. The van der Waals surface area contributed by atoms with Crippen molar-refractivity contribution in [2.24, 2.45) is 0 Å². The number of nitro groups is 2. The number of para-hydroxylation sites is 1. The average Bonchev–Trinajstić information content (AvgIpc) is 2.16. The molecule has 0 spiro atoms. The zero-order chi connectivity index (χ0) is 11.6. The molecule has 1 rings (SSSR count). The van der Waals surface area contributed by atoms with Gasteiger partial charge in [0.15, 0.2) is 0 Å². The van der Waals surface area contributed by atoms with Crippen molar-refractivity contribution in [3.05, 3.63) is 44.0 Å². The zero-order valence-electron chi connectivity index (χ0n) is 7.82. The molecule has 0 saturated heterocycles. The minimum Gasteiger partial charge on any atom is -0.477 e. The van der Waals surface area contributed by atoms with Gasteiger partial charge in [0.25, 0.3) is 0 Å². The van der Waals surface area contributed by atoms with Crippen LogP contribution in [0.25, 0.3) is 0 Å². The molecule has 0 radical (unpaired) electrons. The van der Waals surface area contributed by atoms with Gasteiger partial charge in [0.05, 0.1) is 9.85 Å². The Morgan fingerprint density at radius 3 is 2.12 bits per heavy atom. The summed E-state index contributed by atoms with van der Waals surface area (Å²) < 4.78 is 0.